The van der Waals surface area contributed by atoms with Crippen molar-refractivity contribution in [2.75, 3.05) is 0 Å². The van der Waals surface area contributed by atoms with E-state index >= 15 is 0 Å². The van der Waals surface area contributed by atoms with E-state index in [0.717, 1.165) is 0 Å². The largest absolute Gasteiger partial charge is 0.251 e. The number of allylic oxidation sites excluding steroid dienone is 1. The van der Waals surface area contributed by atoms with Crippen LogP contribution >= 0.6 is 0 Å². The summed E-state index contributed by atoms with van der Waals surface area (Å²) >= 11 is 0. The number of hydrogen-bond acceptors (Lipinski definition) is 0. The maximum Gasteiger partial charge on any atom is 0.251 e. The summed E-state index contributed by atoms with van der Waals surface area (Å²) in [6.45, 7) is 0. The minimum atomic E-state index is 1.27. The van der Waals surface area contributed by atoms with Crippen LogP contribution in [0.3, 0.4) is 0 Å². The van der Waals surface area contributed by atoms with Crippen LogP contribution in [0.4, 0.5) is 0 Å². The van der Waals surface area contributed by atoms with Crippen LogP contribution in [0, 0.1) is 0 Å². The Hall–Kier alpha value is -0.590. The second-order valence-electron chi connectivity index (χ2n) is 1.75. The van der Waals surface area contributed by atoms with Gasteiger partial charge in [0.05, 0.1) is 0 Å². The predicted molar refractivity (Wildman–Crippen MR) is 23.6 cm³/mol. The maximum absolute atomic E-state index is 2.22. The molecule has 2 aliphatic rings. The fourth-order valence-corrected chi connectivity index (χ4v) is 0.847. The zero-order valence-corrected chi connectivity index (χ0v) is 3.52. The molecule has 0 spiro atoms. The molecule has 2 rings (SSSR count). The van der Waals surface area contributed by atoms with Crippen molar-refractivity contribution in [1.82, 2.24) is 0 Å². The standard InChI is InChI=1S/C5H6N/c1-2-5-4-6(5)3-1/h3-4H,1-2H2/q+1. The van der Waals surface area contributed by atoms with Crippen molar-refractivity contribution in [2.45, 2.75) is 12.8 Å². The smallest absolute Gasteiger partial charge is 0.164 e. The number of nitrogens with zero attached hydrogens (tertiary/aromatic N) is 1. The van der Waals surface area contributed by atoms with E-state index in [1.807, 2.05) is 0 Å². The second kappa shape index (κ2) is 0.579. The Balaban J connectivity index is 2.46. The van der Waals surface area contributed by atoms with Gasteiger partial charge in [0.25, 0.3) is 5.70 Å². The van der Waals surface area contributed by atoms with E-state index in [4.69, 9.17) is 0 Å². The minimum Gasteiger partial charge on any atom is -0.164 e. The van der Waals surface area contributed by atoms with E-state index in [2.05, 4.69) is 17.0 Å². The third-order valence-electron chi connectivity index (χ3n) is 1.28. The minimum absolute atomic E-state index is 1.27. The Labute approximate surface area is 36.6 Å². The molecule has 0 aromatic heterocycles. The average Bonchev–Trinajstić information content (AvgIpc) is 2.17. The van der Waals surface area contributed by atoms with Crippen LogP contribution in [0.1, 0.15) is 12.8 Å². The van der Waals surface area contributed by atoms with Gasteiger partial charge in [-0.1, -0.05) is 0 Å². The average molecular weight is 80.1 g/mol. The van der Waals surface area contributed by atoms with Gasteiger partial charge in [0, 0.05) is 12.8 Å². The first-order chi connectivity index (χ1) is 2.97. The Morgan fingerprint density at radius 2 is 2.67 bits per heavy atom. The molecule has 0 aliphatic carbocycles. The highest BCUT2D eigenvalue weighted by atomic mass is 15.1. The van der Waals surface area contributed by atoms with Crippen molar-refractivity contribution < 1.29 is 4.58 Å². The molecule has 0 aromatic rings. The van der Waals surface area contributed by atoms with Crippen molar-refractivity contribution in [3.05, 3.63) is 11.9 Å². The van der Waals surface area contributed by atoms with Gasteiger partial charge >= 0.3 is 0 Å². The van der Waals surface area contributed by atoms with Crippen LogP contribution in [0.25, 0.3) is 0 Å². The molecule has 0 aromatic carbocycles. The normalized spacial score (nSPS) is 25.3. The molecule has 30 valence electrons. The third-order valence-corrected chi connectivity index (χ3v) is 1.28. The van der Waals surface area contributed by atoms with E-state index in [9.17, 15) is 0 Å². The van der Waals surface area contributed by atoms with Crippen LogP contribution in [-0.2, 0) is 0 Å². The summed E-state index contributed by atoms with van der Waals surface area (Å²) in [6, 6.07) is 0. The molecule has 0 radical (unpaired) electrons. The molecule has 1 nitrogen and oxygen atoms in total. The Bertz CT molecular complexity index is 139. The van der Waals surface area contributed by atoms with Crippen LogP contribution in [0.5, 0.6) is 0 Å². The lowest BCUT2D eigenvalue weighted by atomic mass is 10.3. The van der Waals surface area contributed by atoms with Gasteiger partial charge < -0.3 is 0 Å². The zero-order chi connectivity index (χ0) is 3.98. The quantitative estimate of drug-likeness (QED) is 0.377. The third kappa shape index (κ3) is 0.152. The summed E-state index contributed by atoms with van der Waals surface area (Å²) in [5.74, 6) is 0. The van der Waals surface area contributed by atoms with E-state index in [1.54, 1.807) is 0 Å². The number of rotatable bonds is 0. The highest BCUT2D eigenvalue weighted by Gasteiger charge is 2.32. The van der Waals surface area contributed by atoms with Crippen molar-refractivity contribution in [3.63, 3.8) is 0 Å². The van der Waals surface area contributed by atoms with Crippen molar-refractivity contribution >= 4 is 6.21 Å². The van der Waals surface area contributed by atoms with E-state index < -0.39 is 0 Å². The topological polar surface area (TPSA) is 3.01 Å². The summed E-state index contributed by atoms with van der Waals surface area (Å²) in [4.78, 5) is 0. The van der Waals surface area contributed by atoms with Crippen molar-refractivity contribution in [1.29, 1.82) is 0 Å². The Kier molecular flexibility index (Phi) is 0.247. The first-order valence-electron chi connectivity index (χ1n) is 2.29. The van der Waals surface area contributed by atoms with Crippen LogP contribution in [-0.4, -0.2) is 10.8 Å². The van der Waals surface area contributed by atoms with E-state index in [-0.39, 0.29) is 0 Å². The lowest BCUT2D eigenvalue weighted by molar-refractivity contribution is -0.297. The molecule has 0 unspecified atom stereocenters. The maximum atomic E-state index is 2.22. The molecular weight excluding hydrogens is 74.1 g/mol. The second-order valence-corrected chi connectivity index (χ2v) is 1.75. The monoisotopic (exact) mass is 80.0 g/mol. The van der Waals surface area contributed by atoms with Crippen LogP contribution < -0.4 is 0 Å². The highest BCUT2D eigenvalue weighted by molar-refractivity contribution is 5.57. The Morgan fingerprint density at radius 1 is 1.67 bits per heavy atom. The first-order valence-corrected chi connectivity index (χ1v) is 2.29. The molecule has 0 amide bonds. The number of hydrogen-bond donors (Lipinski definition) is 0. The molecule has 0 fully saturated rings. The molecule has 0 saturated carbocycles. The molecule has 2 heterocycles. The number of fused-ring (bicyclic) bond motifs is 1. The molecule has 2 aliphatic heterocycles. The van der Waals surface area contributed by atoms with Crippen LogP contribution in [0.15, 0.2) is 11.9 Å². The van der Waals surface area contributed by atoms with Gasteiger partial charge in [0.2, 0.25) is 6.20 Å². The molecule has 0 saturated heterocycles. The van der Waals surface area contributed by atoms with Crippen molar-refractivity contribution in [3.8, 4) is 0 Å². The van der Waals surface area contributed by atoms with E-state index in [1.165, 1.54) is 18.5 Å². The summed E-state index contributed by atoms with van der Waals surface area (Å²) in [5.41, 5.74) is 1.52. The summed E-state index contributed by atoms with van der Waals surface area (Å²) in [5, 5.41) is 0. The zero-order valence-electron chi connectivity index (χ0n) is 3.52. The van der Waals surface area contributed by atoms with Gasteiger partial charge in [0.15, 0.2) is 6.21 Å². The molecule has 1 heteroatoms. The summed E-state index contributed by atoms with van der Waals surface area (Å²) in [7, 11) is 0. The molecule has 0 bridgehead atoms. The van der Waals surface area contributed by atoms with E-state index in [0.29, 0.717) is 0 Å². The fourth-order valence-electron chi connectivity index (χ4n) is 0.847. The van der Waals surface area contributed by atoms with Gasteiger partial charge in [-0.05, 0) is 0 Å². The van der Waals surface area contributed by atoms with Crippen LogP contribution in [0.2, 0.25) is 0 Å². The summed E-state index contributed by atoms with van der Waals surface area (Å²) < 4.78 is 2.19. The van der Waals surface area contributed by atoms with Gasteiger partial charge in [-0.25, -0.2) is 0 Å². The lowest BCUT2D eigenvalue weighted by Gasteiger charge is -1.57. The predicted octanol–water partition coefficient (Wildman–Crippen LogP) is 0.719. The van der Waals surface area contributed by atoms with Gasteiger partial charge in [-0.15, -0.1) is 0 Å². The highest BCUT2D eigenvalue weighted by Crippen LogP contribution is 2.23. The summed E-state index contributed by atoms with van der Waals surface area (Å²) in [6.07, 6.45) is 6.95. The lowest BCUT2D eigenvalue weighted by Crippen LogP contribution is -1.70. The Morgan fingerprint density at radius 3 is 2.83 bits per heavy atom. The molecule has 0 atom stereocenters. The first kappa shape index (κ1) is 2.56. The van der Waals surface area contributed by atoms with Crippen molar-refractivity contribution in [2.24, 2.45) is 0 Å². The fraction of sp³-hybridized carbons (Fsp3) is 0.400. The van der Waals surface area contributed by atoms with Gasteiger partial charge in [0.1, 0.15) is 0 Å². The SMILES string of the molecule is C1=C2CCC=[N+]12. The van der Waals surface area contributed by atoms with Gasteiger partial charge in [-0.3, -0.25) is 0 Å². The van der Waals surface area contributed by atoms with Gasteiger partial charge in [-0.2, -0.15) is 4.58 Å². The molecule has 0 N–H and O–H groups in total. The molecular formula is C5H6N+. The molecule has 6 heavy (non-hydrogen) atoms.